The molecule has 9 heteroatoms. The van der Waals surface area contributed by atoms with Gasteiger partial charge in [0, 0.05) is 37.1 Å². The lowest BCUT2D eigenvalue weighted by atomic mass is 10.0. The molecule has 0 aliphatic heterocycles. The quantitative estimate of drug-likeness (QED) is 0.423. The first-order valence-corrected chi connectivity index (χ1v) is 10.7. The minimum Gasteiger partial charge on any atom is -0.497 e. The third-order valence-electron chi connectivity index (χ3n) is 4.87. The molecule has 2 heterocycles. The third-order valence-corrected chi connectivity index (χ3v) is 5.45. The summed E-state index contributed by atoms with van der Waals surface area (Å²) in [6.45, 7) is 1.79. The van der Waals surface area contributed by atoms with E-state index in [1.165, 1.54) is 11.8 Å². The first kappa shape index (κ1) is 21.6. The van der Waals surface area contributed by atoms with Crippen LogP contribution in [0, 0.1) is 6.92 Å². The summed E-state index contributed by atoms with van der Waals surface area (Å²) in [6.07, 6.45) is 5.85. The summed E-state index contributed by atoms with van der Waals surface area (Å²) < 4.78 is 7.09. The number of thioether (sulfide) groups is 1. The summed E-state index contributed by atoms with van der Waals surface area (Å²) in [5, 5.41) is 3.62. The molecule has 0 saturated heterocycles. The van der Waals surface area contributed by atoms with Crippen LogP contribution in [0.1, 0.15) is 35.1 Å². The van der Waals surface area contributed by atoms with Crippen LogP contribution in [0.15, 0.2) is 46.6 Å². The number of rotatable bonds is 8. The zero-order valence-electron chi connectivity index (χ0n) is 17.4. The fraction of sp³-hybridized carbons (Fsp3) is 0.333. The van der Waals surface area contributed by atoms with Crippen LogP contribution in [-0.4, -0.2) is 38.8 Å². The van der Waals surface area contributed by atoms with E-state index in [4.69, 9.17) is 4.74 Å². The van der Waals surface area contributed by atoms with Gasteiger partial charge in [-0.15, -0.1) is 0 Å². The summed E-state index contributed by atoms with van der Waals surface area (Å²) >= 11 is 1.37. The number of H-pyrrole nitrogens is 1. The van der Waals surface area contributed by atoms with E-state index in [1.54, 1.807) is 20.2 Å². The molecule has 30 heavy (non-hydrogen) atoms. The van der Waals surface area contributed by atoms with Crippen molar-refractivity contribution < 1.29 is 9.53 Å². The van der Waals surface area contributed by atoms with Crippen molar-refractivity contribution in [2.45, 2.75) is 31.0 Å². The van der Waals surface area contributed by atoms with Gasteiger partial charge in [-0.2, -0.15) is 0 Å². The smallest absolute Gasteiger partial charge is 0.254 e. The van der Waals surface area contributed by atoms with Gasteiger partial charge in [-0.1, -0.05) is 23.9 Å². The third kappa shape index (κ3) is 4.91. The van der Waals surface area contributed by atoms with Gasteiger partial charge in [0.25, 0.3) is 5.56 Å². The molecule has 2 aromatic heterocycles. The number of aromatic amines is 1. The molecule has 0 radical (unpaired) electrons. The Balaban J connectivity index is 1.77. The first-order chi connectivity index (χ1) is 14.4. The molecule has 0 saturated carbocycles. The Hall–Kier alpha value is -3.07. The highest BCUT2D eigenvalue weighted by Crippen LogP contribution is 2.23. The average molecular weight is 428 g/mol. The maximum Gasteiger partial charge on any atom is 0.254 e. The van der Waals surface area contributed by atoms with Crippen LogP contribution in [-0.2, 0) is 18.3 Å². The van der Waals surface area contributed by atoms with Gasteiger partial charge in [0.1, 0.15) is 17.6 Å². The van der Waals surface area contributed by atoms with Crippen molar-refractivity contribution in [3.63, 3.8) is 0 Å². The zero-order valence-corrected chi connectivity index (χ0v) is 18.2. The van der Waals surface area contributed by atoms with Crippen molar-refractivity contribution in [2.24, 2.45) is 7.05 Å². The SMILES string of the molecule is COc1ccc(C(NC(=O)CCc2c(C)nc(SC)[nH]c2=O)c2nccn2C)cc1. The molecule has 158 valence electrons. The highest BCUT2D eigenvalue weighted by Gasteiger charge is 2.21. The molecule has 0 spiro atoms. The second-order valence-corrected chi connectivity index (χ2v) is 7.60. The molecule has 3 rings (SSSR count). The zero-order chi connectivity index (χ0) is 21.7. The van der Waals surface area contributed by atoms with Crippen LogP contribution >= 0.6 is 11.8 Å². The normalized spacial score (nSPS) is 11.9. The molecule has 2 N–H and O–H groups in total. The Morgan fingerprint density at radius 2 is 2.07 bits per heavy atom. The molecule has 1 unspecified atom stereocenters. The molecular formula is C21H25N5O3S. The van der Waals surface area contributed by atoms with Crippen LogP contribution in [0.4, 0.5) is 0 Å². The van der Waals surface area contributed by atoms with E-state index in [2.05, 4.69) is 20.3 Å². The predicted octanol–water partition coefficient (Wildman–Crippen LogP) is 2.38. The number of carbonyl (C=O) groups excluding carboxylic acids is 1. The van der Waals surface area contributed by atoms with Gasteiger partial charge in [-0.05, 0) is 37.3 Å². The number of nitrogens with zero attached hydrogens (tertiary/aromatic N) is 3. The Morgan fingerprint density at radius 1 is 1.33 bits per heavy atom. The molecule has 3 aromatic rings. The minimum atomic E-state index is -0.417. The topological polar surface area (TPSA) is 102 Å². The van der Waals surface area contributed by atoms with Gasteiger partial charge < -0.3 is 19.6 Å². The first-order valence-electron chi connectivity index (χ1n) is 9.47. The van der Waals surface area contributed by atoms with Crippen molar-refractivity contribution in [1.82, 2.24) is 24.8 Å². The summed E-state index contributed by atoms with van der Waals surface area (Å²) in [7, 11) is 3.49. The number of amides is 1. The van der Waals surface area contributed by atoms with Gasteiger partial charge in [0.2, 0.25) is 5.91 Å². The van der Waals surface area contributed by atoms with Crippen molar-refractivity contribution in [1.29, 1.82) is 0 Å². The second-order valence-electron chi connectivity index (χ2n) is 6.81. The molecular weight excluding hydrogens is 402 g/mol. The Labute approximate surface area is 179 Å². The van der Waals surface area contributed by atoms with Gasteiger partial charge in [-0.25, -0.2) is 9.97 Å². The number of nitrogens with one attached hydrogen (secondary N) is 2. The van der Waals surface area contributed by atoms with E-state index >= 15 is 0 Å². The highest BCUT2D eigenvalue weighted by molar-refractivity contribution is 7.98. The molecule has 0 aliphatic rings. The number of imidazole rings is 1. The van der Waals surface area contributed by atoms with Crippen LogP contribution in [0.2, 0.25) is 0 Å². The van der Waals surface area contributed by atoms with Crippen molar-refractivity contribution in [3.05, 3.63) is 69.7 Å². The van der Waals surface area contributed by atoms with E-state index in [0.717, 1.165) is 11.3 Å². The highest BCUT2D eigenvalue weighted by atomic mass is 32.2. The van der Waals surface area contributed by atoms with E-state index < -0.39 is 6.04 Å². The molecule has 0 fully saturated rings. The number of hydrogen-bond acceptors (Lipinski definition) is 6. The predicted molar refractivity (Wildman–Crippen MR) is 116 cm³/mol. The van der Waals surface area contributed by atoms with Crippen LogP contribution in [0.3, 0.4) is 0 Å². The second kappa shape index (κ2) is 9.62. The summed E-state index contributed by atoms with van der Waals surface area (Å²) in [4.78, 5) is 36.6. The van der Waals surface area contributed by atoms with E-state index in [9.17, 15) is 9.59 Å². The lowest BCUT2D eigenvalue weighted by Gasteiger charge is -2.19. The average Bonchev–Trinajstić information content (AvgIpc) is 3.17. The monoisotopic (exact) mass is 427 g/mol. The number of hydrogen-bond donors (Lipinski definition) is 2. The standard InChI is InChI=1S/C21H25N5O3S/c1-13-16(20(28)25-21(23-13)30-4)9-10-17(27)24-18(19-22-11-12-26(19)2)14-5-7-15(29-3)8-6-14/h5-8,11-12,18H,9-10H2,1-4H3,(H,24,27)(H,23,25,28). The lowest BCUT2D eigenvalue weighted by Crippen LogP contribution is -2.31. The maximum atomic E-state index is 12.8. The molecule has 0 bridgehead atoms. The Bertz CT molecular complexity index is 1070. The fourth-order valence-electron chi connectivity index (χ4n) is 3.20. The lowest BCUT2D eigenvalue weighted by molar-refractivity contribution is -0.121. The number of aryl methyl sites for hydroxylation is 2. The van der Waals surface area contributed by atoms with E-state index in [0.29, 0.717) is 28.7 Å². The van der Waals surface area contributed by atoms with Gasteiger partial charge >= 0.3 is 0 Å². The minimum absolute atomic E-state index is 0.168. The van der Waals surface area contributed by atoms with Crippen LogP contribution in [0.25, 0.3) is 0 Å². The van der Waals surface area contributed by atoms with Crippen molar-refractivity contribution in [3.8, 4) is 5.75 Å². The summed E-state index contributed by atoms with van der Waals surface area (Å²) in [5.74, 6) is 1.28. The molecule has 1 atom stereocenters. The fourth-order valence-corrected chi connectivity index (χ4v) is 3.62. The van der Waals surface area contributed by atoms with Crippen molar-refractivity contribution >= 4 is 17.7 Å². The largest absolute Gasteiger partial charge is 0.497 e. The number of carbonyl (C=O) groups is 1. The molecule has 8 nitrogen and oxygen atoms in total. The maximum absolute atomic E-state index is 12.8. The van der Waals surface area contributed by atoms with Gasteiger partial charge in [0.15, 0.2) is 5.16 Å². The number of ether oxygens (including phenoxy) is 1. The van der Waals surface area contributed by atoms with Crippen LogP contribution in [0.5, 0.6) is 5.75 Å². The van der Waals surface area contributed by atoms with Gasteiger partial charge in [0.05, 0.1) is 7.11 Å². The molecule has 0 aliphatic carbocycles. The summed E-state index contributed by atoms with van der Waals surface area (Å²) in [6, 6.07) is 7.08. The van der Waals surface area contributed by atoms with E-state index in [-0.39, 0.29) is 17.9 Å². The van der Waals surface area contributed by atoms with Crippen LogP contribution < -0.4 is 15.6 Å². The van der Waals surface area contributed by atoms with Crippen molar-refractivity contribution in [2.75, 3.05) is 13.4 Å². The Morgan fingerprint density at radius 3 is 2.63 bits per heavy atom. The number of aromatic nitrogens is 4. The van der Waals surface area contributed by atoms with E-state index in [1.807, 2.05) is 48.3 Å². The Kier molecular flexibility index (Phi) is 6.94. The molecule has 1 amide bonds. The number of methoxy groups -OCH3 is 1. The molecule has 1 aromatic carbocycles. The van der Waals surface area contributed by atoms with Gasteiger partial charge in [-0.3, -0.25) is 9.59 Å². The summed E-state index contributed by atoms with van der Waals surface area (Å²) in [5.41, 5.74) is 1.86. The number of benzene rings is 1.